The van der Waals surface area contributed by atoms with Gasteiger partial charge in [0.2, 0.25) is 0 Å². The largest absolute Gasteiger partial charge is 0.260 e. The molecule has 0 aliphatic carbocycles. The van der Waals surface area contributed by atoms with Crippen molar-refractivity contribution in [3.05, 3.63) is 29.6 Å². The molecule has 1 aromatic rings. The van der Waals surface area contributed by atoms with Crippen LogP contribution in [0.2, 0.25) is 0 Å². The van der Waals surface area contributed by atoms with Gasteiger partial charge in [-0.1, -0.05) is 19.9 Å². The second-order valence-corrected chi connectivity index (χ2v) is 3.99. The van der Waals surface area contributed by atoms with E-state index < -0.39 is 0 Å². The van der Waals surface area contributed by atoms with Crippen LogP contribution in [0.1, 0.15) is 31.0 Å². The zero-order chi connectivity index (χ0) is 8.97. The Hall–Kier alpha value is -0.500. The van der Waals surface area contributed by atoms with Gasteiger partial charge in [-0.25, -0.2) is 0 Å². The van der Waals surface area contributed by atoms with E-state index in [1.54, 1.807) is 0 Å². The number of pyridine rings is 1. The Morgan fingerprint density at radius 3 is 2.83 bits per heavy atom. The normalized spacial score (nSPS) is 10.7. The molecular weight excluding hydrogens is 166 g/mol. The topological polar surface area (TPSA) is 12.9 Å². The van der Waals surface area contributed by atoms with Crippen LogP contribution in [0.5, 0.6) is 0 Å². The van der Waals surface area contributed by atoms with Crippen LogP contribution in [0.3, 0.4) is 0 Å². The summed E-state index contributed by atoms with van der Waals surface area (Å²) in [6, 6.07) is 4.18. The molecule has 0 saturated heterocycles. The zero-order valence-electron chi connectivity index (χ0n) is 7.87. The zero-order valence-corrected chi connectivity index (χ0v) is 8.69. The molecule has 2 heteroatoms. The summed E-state index contributed by atoms with van der Waals surface area (Å²) in [7, 11) is 0. The van der Waals surface area contributed by atoms with Crippen LogP contribution >= 0.6 is 11.8 Å². The van der Waals surface area contributed by atoms with Gasteiger partial charge in [0.15, 0.2) is 0 Å². The molecule has 12 heavy (non-hydrogen) atoms. The summed E-state index contributed by atoms with van der Waals surface area (Å²) >= 11 is 1.82. The van der Waals surface area contributed by atoms with Gasteiger partial charge < -0.3 is 0 Å². The van der Waals surface area contributed by atoms with E-state index in [2.05, 4.69) is 31.2 Å². The van der Waals surface area contributed by atoms with Crippen molar-refractivity contribution in [2.45, 2.75) is 25.5 Å². The molecule has 0 N–H and O–H groups in total. The van der Waals surface area contributed by atoms with E-state index in [-0.39, 0.29) is 0 Å². The van der Waals surface area contributed by atoms with Crippen LogP contribution in [0.15, 0.2) is 18.3 Å². The smallest absolute Gasteiger partial charge is 0.0536 e. The van der Waals surface area contributed by atoms with Crippen molar-refractivity contribution in [1.82, 2.24) is 4.98 Å². The van der Waals surface area contributed by atoms with Crippen molar-refractivity contribution >= 4 is 11.8 Å². The number of thioether (sulfide) groups is 1. The van der Waals surface area contributed by atoms with Crippen LogP contribution in [-0.4, -0.2) is 11.2 Å². The summed E-state index contributed by atoms with van der Waals surface area (Å²) in [4.78, 5) is 4.37. The molecule has 0 bridgehead atoms. The number of rotatable bonds is 3. The lowest BCUT2D eigenvalue weighted by atomic mass is 10.0. The maximum Gasteiger partial charge on any atom is 0.0536 e. The quantitative estimate of drug-likeness (QED) is 0.710. The average molecular weight is 181 g/mol. The third-order valence-corrected chi connectivity index (χ3v) is 2.39. The molecule has 0 aliphatic heterocycles. The SMILES string of the molecule is CSCc1ncccc1C(C)C. The van der Waals surface area contributed by atoms with Crippen LogP contribution in [-0.2, 0) is 5.75 Å². The van der Waals surface area contributed by atoms with Gasteiger partial charge in [-0.3, -0.25) is 4.98 Å². The fraction of sp³-hybridized carbons (Fsp3) is 0.500. The summed E-state index contributed by atoms with van der Waals surface area (Å²) in [5, 5.41) is 0. The highest BCUT2D eigenvalue weighted by molar-refractivity contribution is 7.97. The Morgan fingerprint density at radius 1 is 1.50 bits per heavy atom. The Balaban J connectivity index is 2.92. The molecule has 0 atom stereocenters. The van der Waals surface area contributed by atoms with Crippen molar-refractivity contribution in [3.8, 4) is 0 Å². The molecule has 0 fully saturated rings. The fourth-order valence-corrected chi connectivity index (χ4v) is 1.75. The molecular formula is C10H15NS. The summed E-state index contributed by atoms with van der Waals surface area (Å²) in [6.45, 7) is 4.42. The van der Waals surface area contributed by atoms with Crippen LogP contribution in [0.25, 0.3) is 0 Å². The number of hydrogen-bond acceptors (Lipinski definition) is 2. The predicted molar refractivity (Wildman–Crippen MR) is 55.5 cm³/mol. The van der Waals surface area contributed by atoms with Crippen molar-refractivity contribution < 1.29 is 0 Å². The van der Waals surface area contributed by atoms with E-state index >= 15 is 0 Å². The average Bonchev–Trinajstić information content (AvgIpc) is 2.05. The molecule has 1 rings (SSSR count). The summed E-state index contributed by atoms with van der Waals surface area (Å²) in [6.07, 6.45) is 3.98. The number of aromatic nitrogens is 1. The predicted octanol–water partition coefficient (Wildman–Crippen LogP) is 3.07. The van der Waals surface area contributed by atoms with Crippen LogP contribution in [0.4, 0.5) is 0 Å². The van der Waals surface area contributed by atoms with Crippen LogP contribution in [0, 0.1) is 0 Å². The Morgan fingerprint density at radius 2 is 2.25 bits per heavy atom. The Bertz CT molecular complexity index is 245. The van der Waals surface area contributed by atoms with Gasteiger partial charge in [0.25, 0.3) is 0 Å². The first-order chi connectivity index (χ1) is 5.75. The molecule has 0 amide bonds. The van der Waals surface area contributed by atoms with Gasteiger partial charge in [0.05, 0.1) is 5.69 Å². The second kappa shape index (κ2) is 4.51. The lowest BCUT2D eigenvalue weighted by Gasteiger charge is -2.09. The van der Waals surface area contributed by atoms with E-state index in [1.165, 1.54) is 11.3 Å². The number of hydrogen-bond donors (Lipinski definition) is 0. The third-order valence-electron chi connectivity index (χ3n) is 1.83. The van der Waals surface area contributed by atoms with E-state index in [4.69, 9.17) is 0 Å². The third kappa shape index (κ3) is 2.24. The number of nitrogens with zero attached hydrogens (tertiary/aromatic N) is 1. The highest BCUT2D eigenvalue weighted by Gasteiger charge is 2.05. The van der Waals surface area contributed by atoms with Crippen LogP contribution < -0.4 is 0 Å². The van der Waals surface area contributed by atoms with E-state index in [9.17, 15) is 0 Å². The van der Waals surface area contributed by atoms with Gasteiger partial charge in [-0.15, -0.1) is 0 Å². The van der Waals surface area contributed by atoms with E-state index in [1.807, 2.05) is 24.0 Å². The Labute approximate surface area is 78.6 Å². The minimum Gasteiger partial charge on any atom is -0.260 e. The molecule has 0 radical (unpaired) electrons. The molecule has 66 valence electrons. The maximum absolute atomic E-state index is 4.37. The monoisotopic (exact) mass is 181 g/mol. The molecule has 1 nitrogen and oxygen atoms in total. The highest BCUT2D eigenvalue weighted by Crippen LogP contribution is 2.19. The van der Waals surface area contributed by atoms with Gasteiger partial charge in [0.1, 0.15) is 0 Å². The second-order valence-electron chi connectivity index (χ2n) is 3.13. The summed E-state index contributed by atoms with van der Waals surface area (Å²) in [5.41, 5.74) is 2.62. The first-order valence-electron chi connectivity index (χ1n) is 4.18. The summed E-state index contributed by atoms with van der Waals surface area (Å²) < 4.78 is 0. The van der Waals surface area contributed by atoms with E-state index in [0.29, 0.717) is 5.92 Å². The minimum atomic E-state index is 0.584. The molecule has 1 aromatic heterocycles. The van der Waals surface area contributed by atoms with Gasteiger partial charge in [-0.05, 0) is 23.8 Å². The first kappa shape index (κ1) is 9.59. The Kier molecular flexibility index (Phi) is 3.60. The molecule has 0 aromatic carbocycles. The first-order valence-corrected chi connectivity index (χ1v) is 5.57. The van der Waals surface area contributed by atoms with Gasteiger partial charge in [-0.2, -0.15) is 11.8 Å². The lowest BCUT2D eigenvalue weighted by Crippen LogP contribution is -1.97. The minimum absolute atomic E-state index is 0.584. The van der Waals surface area contributed by atoms with Crippen molar-refractivity contribution in [2.75, 3.05) is 6.26 Å². The molecule has 0 unspecified atom stereocenters. The molecule has 0 saturated carbocycles. The van der Waals surface area contributed by atoms with Crippen molar-refractivity contribution in [2.24, 2.45) is 0 Å². The summed E-state index contributed by atoms with van der Waals surface area (Å²) in [5.74, 6) is 1.61. The molecule has 0 aliphatic rings. The van der Waals surface area contributed by atoms with Gasteiger partial charge >= 0.3 is 0 Å². The highest BCUT2D eigenvalue weighted by atomic mass is 32.2. The van der Waals surface area contributed by atoms with Gasteiger partial charge in [0, 0.05) is 11.9 Å². The molecule has 1 heterocycles. The standard InChI is InChI=1S/C10H15NS/c1-8(2)9-5-4-6-11-10(9)7-12-3/h4-6,8H,7H2,1-3H3. The lowest BCUT2D eigenvalue weighted by molar-refractivity contribution is 0.840. The van der Waals surface area contributed by atoms with E-state index in [0.717, 1.165) is 5.75 Å². The van der Waals surface area contributed by atoms with Crippen molar-refractivity contribution in [3.63, 3.8) is 0 Å². The van der Waals surface area contributed by atoms with Crippen molar-refractivity contribution in [1.29, 1.82) is 0 Å². The maximum atomic E-state index is 4.37. The molecule has 0 spiro atoms. The fourth-order valence-electron chi connectivity index (χ4n) is 1.23.